The smallest absolute Gasteiger partial charge is 0.383 e. The van der Waals surface area contributed by atoms with Crippen molar-refractivity contribution in [3.05, 3.63) is 40.8 Å². The van der Waals surface area contributed by atoms with Gasteiger partial charge in [-0.1, -0.05) is 25.1 Å². The first-order valence-electron chi connectivity index (χ1n) is 8.66. The fraction of sp³-hybridized carbons (Fsp3) is 0.400. The molecule has 0 aliphatic heterocycles. The molecule has 0 radical (unpaired) electrons. The number of fused-ring (bicyclic) bond motifs is 1. The summed E-state index contributed by atoms with van der Waals surface area (Å²) in [4.78, 5) is 23.8. The van der Waals surface area contributed by atoms with E-state index in [-0.39, 0.29) is 23.2 Å². The van der Waals surface area contributed by atoms with E-state index in [1.165, 1.54) is 6.92 Å². The second-order valence-corrected chi connectivity index (χ2v) is 5.96. The summed E-state index contributed by atoms with van der Waals surface area (Å²) in [5.74, 6) is -0.251. The Bertz CT molecular complexity index is 847. The van der Waals surface area contributed by atoms with Gasteiger partial charge >= 0.3 is 11.6 Å². The molecule has 0 bridgehead atoms. The summed E-state index contributed by atoms with van der Waals surface area (Å²) in [6.45, 7) is 7.35. The van der Waals surface area contributed by atoms with Crippen LogP contribution in [-0.4, -0.2) is 18.7 Å². The van der Waals surface area contributed by atoms with Crippen LogP contribution in [0.15, 0.2) is 39.6 Å². The monoisotopic (exact) mass is 360 g/mol. The summed E-state index contributed by atoms with van der Waals surface area (Å²) in [5, 5.41) is 0.512. The SMILES string of the molecule is CC/C=C/CCOc1c(OC(C)=O)c(=O)oc2c(OC(C)C)cccc12. The van der Waals surface area contributed by atoms with Crippen LogP contribution in [0.3, 0.4) is 0 Å². The van der Waals surface area contributed by atoms with Crippen LogP contribution in [0, 0.1) is 0 Å². The number of allylic oxidation sites excluding steroid dienone is 1. The molecule has 2 rings (SSSR count). The van der Waals surface area contributed by atoms with E-state index in [4.69, 9.17) is 18.6 Å². The largest absolute Gasteiger partial charge is 0.488 e. The Kier molecular flexibility index (Phi) is 6.83. The molecule has 0 N–H and O–H groups in total. The summed E-state index contributed by atoms with van der Waals surface area (Å²) in [6, 6.07) is 5.21. The zero-order valence-corrected chi connectivity index (χ0v) is 15.5. The van der Waals surface area contributed by atoms with Crippen molar-refractivity contribution in [3.8, 4) is 17.2 Å². The first-order valence-corrected chi connectivity index (χ1v) is 8.66. The van der Waals surface area contributed by atoms with E-state index in [2.05, 4.69) is 0 Å². The van der Waals surface area contributed by atoms with Crippen LogP contribution in [-0.2, 0) is 4.79 Å². The molecule has 2 aromatic rings. The average molecular weight is 360 g/mol. The van der Waals surface area contributed by atoms with E-state index in [0.29, 0.717) is 24.2 Å². The Labute approximate surface area is 152 Å². The van der Waals surface area contributed by atoms with Gasteiger partial charge in [-0.2, -0.15) is 0 Å². The standard InChI is InChI=1S/C20H24O6/c1-5-6-7-8-12-23-18-15-10-9-11-16(24-13(2)3)17(15)26-20(22)19(18)25-14(4)21/h6-7,9-11,13H,5,8,12H2,1-4H3/b7-6+. The van der Waals surface area contributed by atoms with Gasteiger partial charge in [-0.25, -0.2) is 4.79 Å². The van der Waals surface area contributed by atoms with E-state index in [1.807, 2.05) is 32.9 Å². The molecule has 140 valence electrons. The molecule has 0 saturated heterocycles. The lowest BCUT2D eigenvalue weighted by Crippen LogP contribution is -2.14. The van der Waals surface area contributed by atoms with Crippen LogP contribution in [0.25, 0.3) is 11.0 Å². The molecule has 0 amide bonds. The predicted octanol–water partition coefficient (Wildman–Crippen LogP) is 4.24. The molecule has 0 fully saturated rings. The van der Waals surface area contributed by atoms with Crippen LogP contribution in [0.1, 0.15) is 40.5 Å². The van der Waals surface area contributed by atoms with Gasteiger partial charge in [-0.3, -0.25) is 4.79 Å². The van der Waals surface area contributed by atoms with Crippen molar-refractivity contribution in [1.29, 1.82) is 0 Å². The van der Waals surface area contributed by atoms with Gasteiger partial charge in [-0.15, -0.1) is 0 Å². The summed E-state index contributed by atoms with van der Waals surface area (Å²) in [7, 11) is 0. The van der Waals surface area contributed by atoms with E-state index >= 15 is 0 Å². The lowest BCUT2D eigenvalue weighted by molar-refractivity contribution is -0.132. The number of hydrogen-bond donors (Lipinski definition) is 0. The molecule has 0 aliphatic carbocycles. The molecule has 0 spiro atoms. The number of hydrogen-bond acceptors (Lipinski definition) is 6. The highest BCUT2D eigenvalue weighted by molar-refractivity contribution is 5.90. The molecule has 1 aromatic heterocycles. The zero-order chi connectivity index (χ0) is 19.1. The Morgan fingerprint density at radius 1 is 1.23 bits per heavy atom. The number of para-hydroxylation sites is 1. The van der Waals surface area contributed by atoms with Crippen molar-refractivity contribution in [2.24, 2.45) is 0 Å². The Morgan fingerprint density at radius 3 is 2.65 bits per heavy atom. The summed E-state index contributed by atoms with van der Waals surface area (Å²) < 4.78 is 21.9. The number of ether oxygens (including phenoxy) is 3. The lowest BCUT2D eigenvalue weighted by atomic mass is 10.2. The molecular weight excluding hydrogens is 336 g/mol. The fourth-order valence-electron chi connectivity index (χ4n) is 2.39. The van der Waals surface area contributed by atoms with Gasteiger partial charge in [0.25, 0.3) is 5.75 Å². The third kappa shape index (κ3) is 4.88. The van der Waals surface area contributed by atoms with Crippen LogP contribution in [0.5, 0.6) is 17.2 Å². The molecule has 0 saturated carbocycles. The predicted molar refractivity (Wildman–Crippen MR) is 99.1 cm³/mol. The third-order valence-corrected chi connectivity index (χ3v) is 3.35. The van der Waals surface area contributed by atoms with Crippen molar-refractivity contribution >= 4 is 16.9 Å². The molecular formula is C20H24O6. The highest BCUT2D eigenvalue weighted by Crippen LogP contribution is 2.37. The maximum atomic E-state index is 12.4. The zero-order valence-electron chi connectivity index (χ0n) is 15.5. The molecule has 0 aliphatic rings. The minimum atomic E-state index is -0.786. The molecule has 1 aromatic carbocycles. The number of carbonyl (C=O) groups is 1. The van der Waals surface area contributed by atoms with E-state index in [0.717, 1.165) is 6.42 Å². The lowest BCUT2D eigenvalue weighted by Gasteiger charge is -2.15. The Morgan fingerprint density at radius 2 is 2.00 bits per heavy atom. The second-order valence-electron chi connectivity index (χ2n) is 5.96. The van der Waals surface area contributed by atoms with Gasteiger partial charge in [-0.05, 0) is 38.8 Å². The van der Waals surface area contributed by atoms with Gasteiger partial charge in [0, 0.05) is 6.92 Å². The first-order chi connectivity index (χ1) is 12.4. The van der Waals surface area contributed by atoms with Crippen molar-refractivity contribution < 1.29 is 23.4 Å². The van der Waals surface area contributed by atoms with Gasteiger partial charge in [0.2, 0.25) is 0 Å². The van der Waals surface area contributed by atoms with Crippen LogP contribution < -0.4 is 19.8 Å². The second kappa shape index (κ2) is 9.08. The van der Waals surface area contributed by atoms with Gasteiger partial charge in [0.1, 0.15) is 0 Å². The summed E-state index contributed by atoms with van der Waals surface area (Å²) in [6.07, 6.45) is 5.53. The van der Waals surface area contributed by atoms with Gasteiger partial charge in [0.15, 0.2) is 17.1 Å². The van der Waals surface area contributed by atoms with Crippen molar-refractivity contribution in [2.75, 3.05) is 6.61 Å². The molecule has 6 nitrogen and oxygen atoms in total. The van der Waals surface area contributed by atoms with E-state index in [1.54, 1.807) is 18.2 Å². The third-order valence-electron chi connectivity index (χ3n) is 3.35. The van der Waals surface area contributed by atoms with Crippen molar-refractivity contribution in [3.63, 3.8) is 0 Å². The number of benzene rings is 1. The fourth-order valence-corrected chi connectivity index (χ4v) is 2.39. The van der Waals surface area contributed by atoms with Crippen molar-refractivity contribution in [2.45, 2.75) is 46.6 Å². The van der Waals surface area contributed by atoms with Crippen molar-refractivity contribution in [1.82, 2.24) is 0 Å². The first kappa shape index (κ1) is 19.6. The normalized spacial score (nSPS) is 11.3. The van der Waals surface area contributed by atoms with E-state index < -0.39 is 11.6 Å². The summed E-state index contributed by atoms with van der Waals surface area (Å²) >= 11 is 0. The minimum Gasteiger partial charge on any atom is -0.488 e. The highest BCUT2D eigenvalue weighted by Gasteiger charge is 2.21. The number of carbonyl (C=O) groups excluding carboxylic acids is 1. The number of esters is 1. The molecule has 0 unspecified atom stereocenters. The number of rotatable bonds is 8. The molecule has 6 heteroatoms. The van der Waals surface area contributed by atoms with Gasteiger partial charge in [0.05, 0.1) is 18.1 Å². The summed E-state index contributed by atoms with van der Waals surface area (Å²) in [5.41, 5.74) is -0.521. The Balaban J connectivity index is 2.52. The van der Waals surface area contributed by atoms with E-state index in [9.17, 15) is 9.59 Å². The van der Waals surface area contributed by atoms with Crippen LogP contribution in [0.4, 0.5) is 0 Å². The quantitative estimate of drug-likeness (QED) is 0.303. The van der Waals surface area contributed by atoms with Crippen LogP contribution >= 0.6 is 0 Å². The molecule has 0 atom stereocenters. The maximum Gasteiger partial charge on any atom is 0.383 e. The highest BCUT2D eigenvalue weighted by atomic mass is 16.6. The maximum absolute atomic E-state index is 12.4. The van der Waals surface area contributed by atoms with Gasteiger partial charge < -0.3 is 18.6 Å². The molecule has 26 heavy (non-hydrogen) atoms. The van der Waals surface area contributed by atoms with Crippen LogP contribution in [0.2, 0.25) is 0 Å². The average Bonchev–Trinajstić information content (AvgIpc) is 2.57. The Hall–Kier alpha value is -2.76. The minimum absolute atomic E-state index is 0.0948. The topological polar surface area (TPSA) is 75.0 Å². The molecule has 1 heterocycles.